The first-order valence-electron chi connectivity index (χ1n) is 7.45. The molecule has 4 nitrogen and oxygen atoms in total. The molecule has 0 atom stereocenters. The van der Waals surface area contributed by atoms with Gasteiger partial charge in [-0.1, -0.05) is 35.5 Å². The second-order valence-electron chi connectivity index (χ2n) is 5.19. The van der Waals surface area contributed by atoms with Crippen molar-refractivity contribution in [3.8, 4) is 6.07 Å². The Morgan fingerprint density at radius 3 is 2.65 bits per heavy atom. The topological polar surface area (TPSA) is 66.9 Å². The van der Waals surface area contributed by atoms with Gasteiger partial charge in [0, 0.05) is 26.9 Å². The van der Waals surface area contributed by atoms with Crippen molar-refractivity contribution in [1.82, 2.24) is 0 Å². The van der Waals surface area contributed by atoms with Crippen LogP contribution in [-0.4, -0.2) is 4.92 Å². The van der Waals surface area contributed by atoms with Gasteiger partial charge in [0.05, 0.1) is 20.8 Å². The number of nitro benzene ring substituents is 1. The van der Waals surface area contributed by atoms with Crippen molar-refractivity contribution in [3.05, 3.63) is 86.2 Å². The fourth-order valence-corrected chi connectivity index (χ4v) is 4.39. The molecule has 0 aliphatic carbocycles. The highest BCUT2D eigenvalue weighted by atomic mass is 35.5. The van der Waals surface area contributed by atoms with Crippen molar-refractivity contribution in [2.45, 2.75) is 9.10 Å². The maximum atomic E-state index is 10.9. The Morgan fingerprint density at radius 2 is 1.96 bits per heavy atom. The number of nitrogens with zero attached hydrogens (tertiary/aromatic N) is 2. The van der Waals surface area contributed by atoms with Crippen LogP contribution in [0.15, 0.2) is 69.8 Å². The molecule has 0 saturated heterocycles. The molecule has 0 aliphatic heterocycles. The number of hydrogen-bond acceptors (Lipinski definition) is 5. The highest BCUT2D eigenvalue weighted by Crippen LogP contribution is 2.35. The fourth-order valence-electron chi connectivity index (χ4n) is 2.20. The number of nitriles is 1. The van der Waals surface area contributed by atoms with Crippen LogP contribution in [-0.2, 0) is 0 Å². The molecule has 2 aromatic carbocycles. The lowest BCUT2D eigenvalue weighted by atomic mass is 10.1. The first-order valence-corrected chi connectivity index (χ1v) is 9.46. The molecular weight excluding hydrogens is 388 g/mol. The predicted octanol–water partition coefficient (Wildman–Crippen LogP) is 6.53. The zero-order valence-corrected chi connectivity index (χ0v) is 15.6. The van der Waals surface area contributed by atoms with E-state index in [1.54, 1.807) is 41.3 Å². The number of thiophene rings is 1. The summed E-state index contributed by atoms with van der Waals surface area (Å²) < 4.78 is 1.08. The minimum absolute atomic E-state index is 0.0335. The van der Waals surface area contributed by atoms with E-state index in [0.717, 1.165) is 14.0 Å². The smallest absolute Gasteiger partial charge is 0.258 e. The van der Waals surface area contributed by atoms with Crippen LogP contribution in [0.5, 0.6) is 0 Å². The van der Waals surface area contributed by atoms with E-state index in [9.17, 15) is 15.4 Å². The van der Waals surface area contributed by atoms with Crippen molar-refractivity contribution < 1.29 is 4.92 Å². The molecule has 0 radical (unpaired) electrons. The number of nitro groups is 1. The molecule has 1 heterocycles. The fraction of sp³-hybridized carbons (Fsp3) is 0. The molecule has 1 aromatic heterocycles. The number of halogens is 1. The largest absolute Gasteiger partial charge is 0.270 e. The molecule has 0 fully saturated rings. The van der Waals surface area contributed by atoms with Gasteiger partial charge < -0.3 is 0 Å². The van der Waals surface area contributed by atoms with Crippen LogP contribution >= 0.6 is 34.7 Å². The normalized spacial score (nSPS) is 11.2. The average molecular weight is 399 g/mol. The van der Waals surface area contributed by atoms with Gasteiger partial charge >= 0.3 is 0 Å². The first-order chi connectivity index (χ1) is 12.5. The Labute approximate surface area is 163 Å². The summed E-state index contributed by atoms with van der Waals surface area (Å²) in [5.74, 6) is 0. The third-order valence-corrected chi connectivity index (χ3v) is 5.83. The quantitative estimate of drug-likeness (QED) is 0.278. The maximum absolute atomic E-state index is 10.9. The van der Waals surface area contributed by atoms with E-state index in [0.29, 0.717) is 16.2 Å². The van der Waals surface area contributed by atoms with Gasteiger partial charge in [-0.25, -0.2) is 0 Å². The van der Waals surface area contributed by atoms with Crippen LogP contribution in [0.2, 0.25) is 5.02 Å². The summed E-state index contributed by atoms with van der Waals surface area (Å²) in [5.41, 5.74) is 0.884. The van der Waals surface area contributed by atoms with Crippen LogP contribution in [0.4, 0.5) is 5.69 Å². The molecule has 3 aromatic rings. The summed E-state index contributed by atoms with van der Waals surface area (Å²) in [7, 11) is 0. The van der Waals surface area contributed by atoms with Crippen molar-refractivity contribution in [2.24, 2.45) is 0 Å². The van der Waals surface area contributed by atoms with E-state index in [-0.39, 0.29) is 5.69 Å². The van der Waals surface area contributed by atoms with Gasteiger partial charge in [-0.15, -0.1) is 11.3 Å². The molecule has 0 unspecified atom stereocenters. The minimum Gasteiger partial charge on any atom is -0.258 e. The zero-order chi connectivity index (χ0) is 18.5. The van der Waals surface area contributed by atoms with Crippen LogP contribution in [0, 0.1) is 21.4 Å². The van der Waals surface area contributed by atoms with E-state index < -0.39 is 4.92 Å². The third-order valence-electron chi connectivity index (χ3n) is 3.41. The summed E-state index contributed by atoms with van der Waals surface area (Å²) in [5, 5.41) is 21.0. The molecule has 128 valence electrons. The van der Waals surface area contributed by atoms with Crippen molar-refractivity contribution in [2.75, 3.05) is 0 Å². The molecule has 0 amide bonds. The summed E-state index contributed by atoms with van der Waals surface area (Å²) in [6.07, 6.45) is 1.75. The number of benzene rings is 2. The van der Waals surface area contributed by atoms with Crippen molar-refractivity contribution in [1.29, 1.82) is 5.26 Å². The number of rotatable bonds is 5. The zero-order valence-electron chi connectivity index (χ0n) is 13.3. The maximum Gasteiger partial charge on any atom is 0.270 e. The molecule has 0 spiro atoms. The monoisotopic (exact) mass is 398 g/mol. The summed E-state index contributed by atoms with van der Waals surface area (Å²) >= 11 is 9.06. The summed E-state index contributed by atoms with van der Waals surface area (Å²) in [6, 6.07) is 19.7. The van der Waals surface area contributed by atoms with E-state index in [1.807, 2.05) is 36.4 Å². The second kappa shape index (κ2) is 8.19. The Hall–Kier alpha value is -2.59. The molecule has 0 saturated carbocycles. The lowest BCUT2D eigenvalue weighted by Gasteiger charge is -1.99. The van der Waals surface area contributed by atoms with E-state index in [4.69, 9.17) is 11.6 Å². The summed E-state index contributed by atoms with van der Waals surface area (Å²) in [6.45, 7) is 0. The minimum atomic E-state index is -0.468. The van der Waals surface area contributed by atoms with E-state index in [1.165, 1.54) is 12.1 Å². The molecule has 0 N–H and O–H groups in total. The van der Waals surface area contributed by atoms with Gasteiger partial charge in [-0.2, -0.15) is 5.26 Å². The second-order valence-corrected chi connectivity index (χ2v) is 8.12. The predicted molar refractivity (Wildman–Crippen MR) is 106 cm³/mol. The first kappa shape index (κ1) is 18.2. The van der Waals surface area contributed by atoms with Gasteiger partial charge in [0.1, 0.15) is 0 Å². The average Bonchev–Trinajstić information content (AvgIpc) is 3.08. The van der Waals surface area contributed by atoms with Gasteiger partial charge in [-0.05, 0) is 48.0 Å². The lowest BCUT2D eigenvalue weighted by molar-refractivity contribution is -0.384. The highest BCUT2D eigenvalue weighted by Gasteiger charge is 2.09. The van der Waals surface area contributed by atoms with Crippen LogP contribution < -0.4 is 0 Å². The Balaban J connectivity index is 1.83. The van der Waals surface area contributed by atoms with Gasteiger partial charge in [0.25, 0.3) is 5.69 Å². The standard InChI is InChI=1S/C19H11ClN2O2S2/c20-15-4-6-17(7-5-15)25-19-9-8-18(26-19)11-14(12-21)13-2-1-3-16(10-13)22(23)24/h1-11H/b14-11-. The van der Waals surface area contributed by atoms with Gasteiger partial charge in [0.2, 0.25) is 0 Å². The molecule has 26 heavy (non-hydrogen) atoms. The Kier molecular flexibility index (Phi) is 5.74. The van der Waals surface area contributed by atoms with Gasteiger partial charge in [0.15, 0.2) is 0 Å². The number of allylic oxidation sites excluding steroid dienone is 1. The molecule has 0 aliphatic rings. The number of non-ortho nitro benzene ring substituents is 1. The van der Waals surface area contributed by atoms with Crippen LogP contribution in [0.3, 0.4) is 0 Å². The van der Waals surface area contributed by atoms with E-state index in [2.05, 4.69) is 6.07 Å². The Morgan fingerprint density at radius 1 is 1.19 bits per heavy atom. The van der Waals surface area contributed by atoms with Crippen LogP contribution in [0.25, 0.3) is 11.6 Å². The molecular formula is C19H11ClN2O2S2. The van der Waals surface area contributed by atoms with Crippen molar-refractivity contribution in [3.63, 3.8) is 0 Å². The Bertz CT molecular complexity index is 1020. The summed E-state index contributed by atoms with van der Waals surface area (Å²) in [4.78, 5) is 12.4. The number of hydrogen-bond donors (Lipinski definition) is 0. The SMILES string of the molecule is N#C/C(=C/c1ccc(Sc2ccc(Cl)cc2)s1)c1cccc([N+](=O)[O-])c1. The van der Waals surface area contributed by atoms with Gasteiger partial charge in [-0.3, -0.25) is 10.1 Å². The van der Waals surface area contributed by atoms with Crippen LogP contribution in [0.1, 0.15) is 10.4 Å². The van der Waals surface area contributed by atoms with Crippen molar-refractivity contribution >= 4 is 52.0 Å². The molecule has 0 bridgehead atoms. The highest BCUT2D eigenvalue weighted by molar-refractivity contribution is 8.01. The van der Waals surface area contributed by atoms with E-state index >= 15 is 0 Å². The lowest BCUT2D eigenvalue weighted by Crippen LogP contribution is -1.89. The third kappa shape index (κ3) is 4.52. The molecule has 3 rings (SSSR count). The molecule has 7 heteroatoms.